The van der Waals surface area contributed by atoms with E-state index >= 15 is 0 Å². The molecule has 0 saturated carbocycles. The van der Waals surface area contributed by atoms with E-state index in [0.717, 1.165) is 42.9 Å². The van der Waals surface area contributed by atoms with Crippen molar-refractivity contribution in [3.05, 3.63) is 30.1 Å². The van der Waals surface area contributed by atoms with E-state index in [9.17, 15) is 4.79 Å². The smallest absolute Gasteiger partial charge is 0.223 e. The van der Waals surface area contributed by atoms with Gasteiger partial charge >= 0.3 is 0 Å². The van der Waals surface area contributed by atoms with Gasteiger partial charge in [0.25, 0.3) is 0 Å². The third kappa shape index (κ3) is 4.46. The lowest BCUT2D eigenvalue weighted by Gasteiger charge is -2.41. The van der Waals surface area contributed by atoms with E-state index in [1.165, 1.54) is 12.8 Å². The number of aryl methyl sites for hydroxylation is 1. The van der Waals surface area contributed by atoms with Gasteiger partial charge in [-0.05, 0) is 43.9 Å². The van der Waals surface area contributed by atoms with Gasteiger partial charge in [0.15, 0.2) is 0 Å². The van der Waals surface area contributed by atoms with Gasteiger partial charge in [0.05, 0.1) is 11.0 Å². The van der Waals surface area contributed by atoms with E-state index in [2.05, 4.69) is 20.2 Å². The second-order valence-corrected chi connectivity index (χ2v) is 6.79. The summed E-state index contributed by atoms with van der Waals surface area (Å²) in [7, 11) is 0. The molecule has 2 aliphatic heterocycles. The van der Waals surface area contributed by atoms with Crippen LogP contribution in [0.15, 0.2) is 24.3 Å². The number of likely N-dealkylation sites (tertiary alicyclic amines) is 1. The Hall–Kier alpha value is -1.30. The van der Waals surface area contributed by atoms with Crippen molar-refractivity contribution >= 4 is 41.8 Å². The van der Waals surface area contributed by atoms with Crippen molar-refractivity contribution in [2.45, 2.75) is 38.1 Å². The van der Waals surface area contributed by atoms with Crippen molar-refractivity contribution in [2.24, 2.45) is 5.92 Å². The van der Waals surface area contributed by atoms with Gasteiger partial charge in [0.1, 0.15) is 5.82 Å². The summed E-state index contributed by atoms with van der Waals surface area (Å²) in [4.78, 5) is 22.5. The first-order chi connectivity index (χ1) is 11.3. The number of fused-ring (bicyclic) bond motifs is 2. The highest BCUT2D eigenvalue weighted by Gasteiger charge is 2.32. The molecule has 138 valence electrons. The number of carbonyl (C=O) groups is 1. The number of para-hydroxylation sites is 2. The summed E-state index contributed by atoms with van der Waals surface area (Å²) >= 11 is 0. The number of piperidine rings is 2. The molecular weight excluding hydrogens is 359 g/mol. The Labute approximate surface area is 160 Å². The number of halogens is 2. The molecule has 2 fully saturated rings. The second kappa shape index (κ2) is 8.88. The molecule has 2 atom stereocenters. The van der Waals surface area contributed by atoms with Gasteiger partial charge in [-0.2, -0.15) is 0 Å². The second-order valence-electron chi connectivity index (χ2n) is 6.79. The Balaban J connectivity index is 0.00000113. The maximum Gasteiger partial charge on any atom is 0.223 e. The number of carbonyl (C=O) groups excluding carboxylic acids is 1. The quantitative estimate of drug-likeness (QED) is 0.854. The fourth-order valence-electron chi connectivity index (χ4n) is 3.98. The Morgan fingerprint density at radius 3 is 2.92 bits per heavy atom. The first-order valence-corrected chi connectivity index (χ1v) is 8.74. The molecule has 0 bridgehead atoms. The summed E-state index contributed by atoms with van der Waals surface area (Å²) < 4.78 is 0. The molecule has 4 rings (SSSR count). The third-order valence-electron chi connectivity index (χ3n) is 5.26. The zero-order chi connectivity index (χ0) is 15.6. The monoisotopic (exact) mass is 384 g/mol. The average Bonchev–Trinajstić information content (AvgIpc) is 3.02. The Morgan fingerprint density at radius 2 is 2.08 bits per heavy atom. The van der Waals surface area contributed by atoms with Gasteiger partial charge in [0.2, 0.25) is 5.91 Å². The van der Waals surface area contributed by atoms with Gasteiger partial charge in [-0.25, -0.2) is 4.98 Å². The number of aromatic nitrogens is 2. The molecule has 7 heteroatoms. The number of amides is 1. The van der Waals surface area contributed by atoms with E-state index in [1.54, 1.807) is 0 Å². The fourth-order valence-corrected chi connectivity index (χ4v) is 3.98. The number of benzene rings is 1. The van der Waals surface area contributed by atoms with Gasteiger partial charge in [0, 0.05) is 32.0 Å². The largest absolute Gasteiger partial charge is 0.342 e. The standard InChI is InChI=1S/C18H24N4O.2ClH/c23-18(22-11-9-14-13(12-22)4-3-10-19-14)8-7-17-20-15-5-1-2-6-16(15)21-17;;/h1-2,5-6,13-14,19H,3-4,7-12H2,(H,20,21);2*1H/t13-,14+;;/m1../s1. The molecule has 2 N–H and O–H groups in total. The molecular formula is C18H26Cl2N4O. The fraction of sp³-hybridized carbons (Fsp3) is 0.556. The molecule has 2 aromatic rings. The predicted molar refractivity (Wildman–Crippen MR) is 105 cm³/mol. The van der Waals surface area contributed by atoms with E-state index < -0.39 is 0 Å². The summed E-state index contributed by atoms with van der Waals surface area (Å²) in [5, 5.41) is 3.60. The van der Waals surface area contributed by atoms with Crippen LogP contribution in [0.2, 0.25) is 0 Å². The lowest BCUT2D eigenvalue weighted by Crippen LogP contribution is -2.53. The maximum absolute atomic E-state index is 12.5. The van der Waals surface area contributed by atoms with Crippen LogP contribution in [0.25, 0.3) is 11.0 Å². The zero-order valence-corrected chi connectivity index (χ0v) is 15.9. The highest BCUT2D eigenvalue weighted by Crippen LogP contribution is 2.25. The summed E-state index contributed by atoms with van der Waals surface area (Å²) in [6, 6.07) is 8.63. The van der Waals surface area contributed by atoms with Crippen molar-refractivity contribution in [1.82, 2.24) is 20.2 Å². The number of hydrogen-bond acceptors (Lipinski definition) is 3. The number of rotatable bonds is 3. The molecule has 2 aliphatic rings. The molecule has 0 radical (unpaired) electrons. The summed E-state index contributed by atoms with van der Waals surface area (Å²) in [5.74, 6) is 1.83. The Morgan fingerprint density at radius 1 is 1.24 bits per heavy atom. The average molecular weight is 385 g/mol. The zero-order valence-electron chi connectivity index (χ0n) is 14.2. The van der Waals surface area contributed by atoms with Crippen molar-refractivity contribution in [1.29, 1.82) is 0 Å². The minimum absolute atomic E-state index is 0. The summed E-state index contributed by atoms with van der Waals surface area (Å²) in [6.07, 6.45) is 4.83. The lowest BCUT2D eigenvalue weighted by atomic mass is 9.85. The number of H-pyrrole nitrogens is 1. The number of nitrogens with one attached hydrogen (secondary N) is 2. The van der Waals surface area contributed by atoms with Gasteiger partial charge in [-0.3, -0.25) is 4.79 Å². The first kappa shape index (κ1) is 20.0. The molecule has 1 aromatic heterocycles. The normalized spacial score (nSPS) is 22.6. The van der Waals surface area contributed by atoms with Crippen LogP contribution in [0.4, 0.5) is 0 Å². The van der Waals surface area contributed by atoms with Crippen LogP contribution in [0.1, 0.15) is 31.5 Å². The molecule has 25 heavy (non-hydrogen) atoms. The van der Waals surface area contributed by atoms with Gasteiger partial charge in [-0.15, -0.1) is 24.8 Å². The van der Waals surface area contributed by atoms with Crippen LogP contribution < -0.4 is 5.32 Å². The van der Waals surface area contributed by atoms with Crippen LogP contribution >= 0.6 is 24.8 Å². The minimum atomic E-state index is 0. The SMILES string of the molecule is Cl.Cl.O=C(CCc1nc2ccccc2[nH]1)N1CC[C@@H]2NCCC[C@@H]2C1. The van der Waals surface area contributed by atoms with Crippen molar-refractivity contribution in [3.8, 4) is 0 Å². The topological polar surface area (TPSA) is 61.0 Å². The van der Waals surface area contributed by atoms with Gasteiger partial charge < -0.3 is 15.2 Å². The van der Waals surface area contributed by atoms with Crippen molar-refractivity contribution < 1.29 is 4.79 Å². The lowest BCUT2D eigenvalue weighted by molar-refractivity contribution is -0.133. The Kier molecular flexibility index (Phi) is 7.11. The van der Waals surface area contributed by atoms with E-state index in [4.69, 9.17) is 0 Å². The van der Waals surface area contributed by atoms with E-state index in [0.29, 0.717) is 24.8 Å². The van der Waals surface area contributed by atoms with Crippen molar-refractivity contribution in [2.75, 3.05) is 19.6 Å². The highest BCUT2D eigenvalue weighted by molar-refractivity contribution is 5.85. The Bertz CT molecular complexity index is 672. The minimum Gasteiger partial charge on any atom is -0.342 e. The van der Waals surface area contributed by atoms with Crippen LogP contribution in [-0.4, -0.2) is 46.5 Å². The molecule has 0 aliphatic carbocycles. The molecule has 1 aromatic carbocycles. The molecule has 0 unspecified atom stereocenters. The number of nitrogens with zero attached hydrogens (tertiary/aromatic N) is 2. The summed E-state index contributed by atoms with van der Waals surface area (Å²) in [6.45, 7) is 2.96. The summed E-state index contributed by atoms with van der Waals surface area (Å²) in [5.41, 5.74) is 2.02. The molecule has 1 amide bonds. The highest BCUT2D eigenvalue weighted by atomic mass is 35.5. The first-order valence-electron chi connectivity index (χ1n) is 8.74. The molecule has 3 heterocycles. The van der Waals surface area contributed by atoms with Crippen LogP contribution in [-0.2, 0) is 11.2 Å². The molecule has 5 nitrogen and oxygen atoms in total. The van der Waals surface area contributed by atoms with E-state index in [1.807, 2.05) is 24.3 Å². The molecule has 2 saturated heterocycles. The van der Waals surface area contributed by atoms with Crippen LogP contribution in [0, 0.1) is 5.92 Å². The number of hydrogen-bond donors (Lipinski definition) is 2. The van der Waals surface area contributed by atoms with E-state index in [-0.39, 0.29) is 30.7 Å². The van der Waals surface area contributed by atoms with Gasteiger partial charge in [-0.1, -0.05) is 12.1 Å². The maximum atomic E-state index is 12.5. The number of aromatic amines is 1. The number of imidazole rings is 1. The third-order valence-corrected chi connectivity index (χ3v) is 5.26. The predicted octanol–water partition coefficient (Wildman–Crippen LogP) is 2.94. The molecule has 0 spiro atoms. The van der Waals surface area contributed by atoms with Crippen molar-refractivity contribution in [3.63, 3.8) is 0 Å². The van der Waals surface area contributed by atoms with Crippen LogP contribution in [0.3, 0.4) is 0 Å². The van der Waals surface area contributed by atoms with Crippen LogP contribution in [0.5, 0.6) is 0 Å².